The van der Waals surface area contributed by atoms with E-state index in [1.807, 2.05) is 138 Å². The van der Waals surface area contributed by atoms with Gasteiger partial charge in [-0.2, -0.15) is 11.3 Å². The van der Waals surface area contributed by atoms with Crippen molar-refractivity contribution in [2.75, 3.05) is 0 Å². The SMILES string of the molecule is Cc1ccc(-c2ccccc2C)o1.Cc1ccc(-c2ccccc2C)s1.Cc1ccc(C)o1.Cc1ccc(C)s1.Cc1cccc(-c2ccco2)c1.Cc1coc(C)c1.Cc1cocc1C.Cc1csc(C)c1.Cc1cscc1C. The van der Waals surface area contributed by atoms with Gasteiger partial charge in [-0.05, 0) is 263 Å². The van der Waals surface area contributed by atoms with Crippen molar-refractivity contribution in [3.8, 4) is 33.1 Å². The van der Waals surface area contributed by atoms with E-state index in [-0.39, 0.29) is 0 Å². The minimum atomic E-state index is 0.929. The summed E-state index contributed by atoms with van der Waals surface area (Å²) >= 11 is 7.27. The van der Waals surface area contributed by atoms with Crippen LogP contribution in [-0.4, -0.2) is 0 Å². The number of furan rings is 5. The van der Waals surface area contributed by atoms with Crippen LogP contribution in [0.5, 0.6) is 0 Å². The average molecular weight is 1140 g/mol. The number of aryl methyl sites for hydroxylation is 17. The first-order valence-corrected chi connectivity index (χ1v) is 30.1. The third-order valence-corrected chi connectivity index (χ3v) is 15.7. The summed E-state index contributed by atoms with van der Waals surface area (Å²) in [5.41, 5.74) is 15.4. The topological polar surface area (TPSA) is 65.7 Å². The van der Waals surface area contributed by atoms with Crippen molar-refractivity contribution in [3.63, 3.8) is 0 Å². The van der Waals surface area contributed by atoms with E-state index >= 15 is 0 Å². The first kappa shape index (κ1) is 65.4. The minimum absolute atomic E-state index is 0.929. The first-order valence-electron chi connectivity index (χ1n) is 26.6. The number of thiophene rings is 4. The lowest BCUT2D eigenvalue weighted by molar-refractivity contribution is 0.504. The molecule has 420 valence electrons. The zero-order valence-corrected chi connectivity index (χ0v) is 53.3. The Hall–Kier alpha value is -7.14. The van der Waals surface area contributed by atoms with E-state index in [2.05, 4.69) is 164 Å². The highest BCUT2D eigenvalue weighted by Crippen LogP contribution is 2.30. The molecule has 5 nitrogen and oxygen atoms in total. The highest BCUT2D eigenvalue weighted by atomic mass is 32.1. The van der Waals surface area contributed by atoms with Gasteiger partial charge in [-0.3, -0.25) is 0 Å². The van der Waals surface area contributed by atoms with Gasteiger partial charge in [0.25, 0.3) is 0 Å². The lowest BCUT2D eigenvalue weighted by Gasteiger charge is -2.00. The average Bonchev–Trinajstić information content (AvgIpc) is 4.30. The summed E-state index contributed by atoms with van der Waals surface area (Å²) in [6, 6.07) is 49.6. The largest absolute Gasteiger partial charge is 0.472 e. The van der Waals surface area contributed by atoms with Gasteiger partial charge in [-0.15, -0.1) is 34.0 Å². The van der Waals surface area contributed by atoms with E-state index in [9.17, 15) is 0 Å². The Morgan fingerprint density at radius 1 is 0.325 bits per heavy atom. The Labute approximate surface area is 494 Å². The van der Waals surface area contributed by atoms with Crippen LogP contribution in [0.15, 0.2) is 209 Å². The van der Waals surface area contributed by atoms with E-state index in [4.69, 9.17) is 22.1 Å². The quantitative estimate of drug-likeness (QED) is 0.176. The third kappa shape index (κ3) is 24.9. The van der Waals surface area contributed by atoms with Crippen molar-refractivity contribution in [3.05, 3.63) is 279 Å². The summed E-state index contributed by atoms with van der Waals surface area (Å²) < 4.78 is 25.7. The molecule has 0 saturated heterocycles. The number of hydrogen-bond donors (Lipinski definition) is 0. The fourth-order valence-corrected chi connectivity index (χ4v) is 10.5. The predicted octanol–water partition coefficient (Wildman–Crippen LogP) is 23.6. The van der Waals surface area contributed by atoms with E-state index < -0.39 is 0 Å². The van der Waals surface area contributed by atoms with Gasteiger partial charge in [0.15, 0.2) is 0 Å². The molecule has 9 heteroatoms. The van der Waals surface area contributed by atoms with Crippen LogP contribution in [0, 0.1) is 118 Å². The number of benzene rings is 3. The molecule has 0 bridgehead atoms. The maximum absolute atomic E-state index is 5.55. The molecule has 0 aliphatic heterocycles. The zero-order valence-electron chi connectivity index (χ0n) is 50.1. The normalized spacial score (nSPS) is 9.81. The van der Waals surface area contributed by atoms with Gasteiger partial charge in [0.2, 0.25) is 0 Å². The molecule has 9 aromatic heterocycles. The molecule has 0 saturated carbocycles. The molecule has 12 aromatic rings. The van der Waals surface area contributed by atoms with Crippen LogP contribution in [0.2, 0.25) is 0 Å². The fraction of sp³-hybridized carbons (Fsp3) is 0.239. The predicted molar refractivity (Wildman–Crippen MR) is 348 cm³/mol. The molecule has 80 heavy (non-hydrogen) atoms. The molecule has 0 amide bonds. The van der Waals surface area contributed by atoms with E-state index in [0.29, 0.717) is 0 Å². The Bertz CT molecular complexity index is 3180. The van der Waals surface area contributed by atoms with Crippen molar-refractivity contribution in [2.45, 2.75) is 118 Å². The molecule has 0 atom stereocenters. The van der Waals surface area contributed by atoms with Crippen molar-refractivity contribution < 1.29 is 22.1 Å². The highest BCUT2D eigenvalue weighted by Gasteiger charge is 2.05. The maximum atomic E-state index is 5.55. The van der Waals surface area contributed by atoms with Crippen LogP contribution in [0.3, 0.4) is 0 Å². The third-order valence-electron chi connectivity index (χ3n) is 11.8. The van der Waals surface area contributed by atoms with Gasteiger partial charge in [0.05, 0.1) is 25.1 Å². The van der Waals surface area contributed by atoms with Crippen LogP contribution in [-0.2, 0) is 0 Å². The Morgan fingerprint density at radius 3 is 1.23 bits per heavy atom. The van der Waals surface area contributed by atoms with E-state index in [1.54, 1.807) is 47.7 Å². The smallest absolute Gasteiger partial charge is 0.134 e. The standard InChI is InChI=1S/C12H12O.C12H12S.C11H10O.3C6H8O.3C6H8S/c2*1-9-5-3-4-6-11(9)12-8-7-10(2)13-12;1-9-4-2-5-10(8-9)11-6-3-7-12-11;1-5-3-7-4-6(5)2;1-5-3-6(2)7-4-5;1-5-3-4-6(2)7-5;1-5-3-7-4-6(5)2;1-5-3-6(2)7-4-5;1-5-3-4-6(2)7-5/h2*3-8H,1-2H3;2-8H,1H3;6*3-4H,1-2H3. The zero-order chi connectivity index (χ0) is 58.6. The van der Waals surface area contributed by atoms with E-state index in [1.165, 1.54) is 85.6 Å². The molecule has 0 spiro atoms. The van der Waals surface area contributed by atoms with Gasteiger partial charge in [0, 0.05) is 35.5 Å². The van der Waals surface area contributed by atoms with Crippen LogP contribution in [0.25, 0.3) is 33.1 Å². The molecule has 9 heterocycles. The molecule has 0 aliphatic carbocycles. The van der Waals surface area contributed by atoms with Crippen molar-refractivity contribution in [1.82, 2.24) is 0 Å². The monoisotopic (exact) mass is 1140 g/mol. The van der Waals surface area contributed by atoms with Crippen LogP contribution in [0.1, 0.15) is 92.6 Å². The van der Waals surface area contributed by atoms with Crippen LogP contribution >= 0.6 is 45.3 Å². The van der Waals surface area contributed by atoms with Crippen LogP contribution in [0.4, 0.5) is 0 Å². The summed E-state index contributed by atoms with van der Waals surface area (Å²) in [6.07, 6.45) is 6.93. The lowest BCUT2D eigenvalue weighted by atomic mass is 10.1. The molecule has 0 radical (unpaired) electrons. The fourth-order valence-electron chi connectivity index (χ4n) is 7.21. The van der Waals surface area contributed by atoms with Gasteiger partial charge in [0.1, 0.15) is 34.6 Å². The number of rotatable bonds is 3. The van der Waals surface area contributed by atoms with Gasteiger partial charge < -0.3 is 22.1 Å². The molecule has 3 aromatic carbocycles. The molecular formula is C71H82O5S4. The number of hydrogen-bond acceptors (Lipinski definition) is 9. The van der Waals surface area contributed by atoms with Gasteiger partial charge >= 0.3 is 0 Å². The highest BCUT2D eigenvalue weighted by molar-refractivity contribution is 7.15. The first-order chi connectivity index (χ1) is 38.2. The second-order valence-electron chi connectivity index (χ2n) is 19.6. The summed E-state index contributed by atoms with van der Waals surface area (Å²) in [6.45, 7) is 35.0. The van der Waals surface area contributed by atoms with Gasteiger partial charge in [-0.25, -0.2) is 0 Å². The van der Waals surface area contributed by atoms with Crippen molar-refractivity contribution in [1.29, 1.82) is 0 Å². The molecule has 0 aliphatic rings. The Balaban J connectivity index is 0.000000197. The molecular weight excluding hydrogens is 1060 g/mol. The van der Waals surface area contributed by atoms with Gasteiger partial charge in [-0.1, -0.05) is 72.3 Å². The molecule has 0 N–H and O–H groups in total. The summed E-state index contributed by atoms with van der Waals surface area (Å²) in [7, 11) is 0. The van der Waals surface area contributed by atoms with Crippen LogP contribution < -0.4 is 0 Å². The summed E-state index contributed by atoms with van der Waals surface area (Å²) in [5.74, 6) is 5.79. The van der Waals surface area contributed by atoms with Crippen molar-refractivity contribution in [2.24, 2.45) is 0 Å². The maximum Gasteiger partial charge on any atom is 0.134 e. The molecule has 12 rings (SSSR count). The second kappa shape index (κ2) is 34.8. The lowest BCUT2D eigenvalue weighted by Crippen LogP contribution is -1.78. The molecule has 0 fully saturated rings. The Kier molecular flexibility index (Phi) is 28.4. The Morgan fingerprint density at radius 2 is 0.887 bits per heavy atom. The summed E-state index contributed by atoms with van der Waals surface area (Å²) in [5, 5.41) is 6.49. The summed E-state index contributed by atoms with van der Waals surface area (Å²) in [4.78, 5) is 6.95. The minimum Gasteiger partial charge on any atom is -0.472 e. The second-order valence-corrected chi connectivity index (χ2v) is 24.2. The van der Waals surface area contributed by atoms with E-state index in [0.717, 1.165) is 40.1 Å². The molecule has 0 unspecified atom stereocenters. The van der Waals surface area contributed by atoms with Crippen molar-refractivity contribution >= 4 is 45.3 Å².